The molecule has 2 heterocycles. The van der Waals surface area contributed by atoms with Crippen molar-refractivity contribution in [3.05, 3.63) is 29.8 Å². The molecule has 2 amide bonds. The molecule has 0 unspecified atom stereocenters. The highest BCUT2D eigenvalue weighted by molar-refractivity contribution is 5.87. The summed E-state index contributed by atoms with van der Waals surface area (Å²) in [6, 6.07) is 8.45. The molecule has 5 nitrogen and oxygen atoms in total. The molecule has 1 aromatic carbocycles. The van der Waals surface area contributed by atoms with Gasteiger partial charge in [0.05, 0.1) is 0 Å². The second-order valence-corrected chi connectivity index (χ2v) is 6.61. The smallest absolute Gasteiger partial charge is 0.240 e. The Kier molecular flexibility index (Phi) is 4.55. The van der Waals surface area contributed by atoms with Crippen LogP contribution in [-0.4, -0.2) is 41.9 Å². The molecule has 0 aliphatic carbocycles. The van der Waals surface area contributed by atoms with Gasteiger partial charge in [-0.3, -0.25) is 9.59 Å². The maximum absolute atomic E-state index is 12.5. The predicted octanol–water partition coefficient (Wildman–Crippen LogP) is 1.69. The van der Waals surface area contributed by atoms with Gasteiger partial charge in [0.2, 0.25) is 11.8 Å². The van der Waals surface area contributed by atoms with Gasteiger partial charge < -0.3 is 15.5 Å². The van der Waals surface area contributed by atoms with Gasteiger partial charge in [0.1, 0.15) is 6.04 Å². The maximum atomic E-state index is 12.5. The highest BCUT2D eigenvalue weighted by atomic mass is 16.2. The zero-order valence-corrected chi connectivity index (χ0v) is 13.7. The zero-order chi connectivity index (χ0) is 16.4. The first kappa shape index (κ1) is 15.8. The predicted molar refractivity (Wildman–Crippen MR) is 90.1 cm³/mol. The number of para-hydroxylation sites is 1. The normalized spacial score (nSPS) is 23.7. The Bertz CT molecular complexity index is 602. The van der Waals surface area contributed by atoms with E-state index in [2.05, 4.69) is 36.1 Å². The van der Waals surface area contributed by atoms with Gasteiger partial charge in [-0.2, -0.15) is 0 Å². The Balaban J connectivity index is 1.66. The number of rotatable bonds is 4. The molecular weight excluding hydrogens is 290 g/mol. The standard InChI is InChI=1S/C18H25N3O2/c1-13-8-9-14-5-2-3-6-15(14)20(13)12-10-17(22)21-11-4-7-16(21)18(19)23/h2-3,5-6,13,16H,4,7-12H2,1H3,(H2,19,23)/t13-,16-/m0/s1. The van der Waals surface area contributed by atoms with Crippen LogP contribution in [0.25, 0.3) is 0 Å². The van der Waals surface area contributed by atoms with E-state index >= 15 is 0 Å². The summed E-state index contributed by atoms with van der Waals surface area (Å²) in [5.41, 5.74) is 8.01. The molecule has 124 valence electrons. The van der Waals surface area contributed by atoms with E-state index in [0.29, 0.717) is 32.0 Å². The fourth-order valence-corrected chi connectivity index (χ4v) is 3.82. The van der Waals surface area contributed by atoms with Gasteiger partial charge in [-0.25, -0.2) is 0 Å². The topological polar surface area (TPSA) is 66.6 Å². The SMILES string of the molecule is C[C@H]1CCc2ccccc2N1CCC(=O)N1CCC[C@H]1C(N)=O. The maximum Gasteiger partial charge on any atom is 0.240 e. The summed E-state index contributed by atoms with van der Waals surface area (Å²) in [5.74, 6) is -0.339. The van der Waals surface area contributed by atoms with Crippen LogP contribution in [0.2, 0.25) is 0 Å². The molecule has 1 aromatic rings. The van der Waals surface area contributed by atoms with Crippen molar-refractivity contribution in [3.63, 3.8) is 0 Å². The molecular formula is C18H25N3O2. The molecule has 23 heavy (non-hydrogen) atoms. The minimum absolute atomic E-state index is 0.0431. The molecule has 0 bridgehead atoms. The van der Waals surface area contributed by atoms with Gasteiger partial charge in [0.25, 0.3) is 0 Å². The molecule has 0 aromatic heterocycles. The van der Waals surface area contributed by atoms with Crippen LogP contribution in [-0.2, 0) is 16.0 Å². The summed E-state index contributed by atoms with van der Waals surface area (Å²) in [5, 5.41) is 0. The van der Waals surface area contributed by atoms with Gasteiger partial charge in [-0.15, -0.1) is 0 Å². The first-order valence-electron chi connectivity index (χ1n) is 8.51. The lowest BCUT2D eigenvalue weighted by atomic mass is 9.96. The van der Waals surface area contributed by atoms with Crippen LogP contribution in [0, 0.1) is 0 Å². The van der Waals surface area contributed by atoms with Crippen LogP contribution in [0.4, 0.5) is 5.69 Å². The van der Waals surface area contributed by atoms with E-state index < -0.39 is 6.04 Å². The lowest BCUT2D eigenvalue weighted by Gasteiger charge is -2.37. The van der Waals surface area contributed by atoms with Crippen molar-refractivity contribution in [2.75, 3.05) is 18.0 Å². The van der Waals surface area contributed by atoms with E-state index in [1.165, 1.54) is 11.3 Å². The van der Waals surface area contributed by atoms with Crippen LogP contribution in [0.5, 0.6) is 0 Å². The third-order valence-electron chi connectivity index (χ3n) is 5.13. The van der Waals surface area contributed by atoms with Crippen molar-refractivity contribution in [2.45, 2.75) is 51.1 Å². The monoisotopic (exact) mass is 315 g/mol. The largest absolute Gasteiger partial charge is 0.368 e. The molecule has 1 fully saturated rings. The van der Waals surface area contributed by atoms with Gasteiger partial charge in [0, 0.05) is 31.2 Å². The van der Waals surface area contributed by atoms with Crippen molar-refractivity contribution >= 4 is 17.5 Å². The summed E-state index contributed by atoms with van der Waals surface area (Å²) < 4.78 is 0. The Hall–Kier alpha value is -2.04. The van der Waals surface area contributed by atoms with Crippen LogP contribution >= 0.6 is 0 Å². The number of nitrogens with zero attached hydrogens (tertiary/aromatic N) is 2. The minimum atomic E-state index is -0.409. The molecule has 0 spiro atoms. The number of carbonyl (C=O) groups excluding carboxylic acids is 2. The zero-order valence-electron chi connectivity index (χ0n) is 13.7. The summed E-state index contributed by atoms with van der Waals surface area (Å²) in [4.78, 5) is 28.0. The Morgan fingerprint density at radius 3 is 2.83 bits per heavy atom. The van der Waals surface area contributed by atoms with Crippen LogP contribution in [0.3, 0.4) is 0 Å². The minimum Gasteiger partial charge on any atom is -0.368 e. The Morgan fingerprint density at radius 1 is 1.26 bits per heavy atom. The number of hydrogen-bond donors (Lipinski definition) is 1. The third-order valence-corrected chi connectivity index (χ3v) is 5.13. The summed E-state index contributed by atoms with van der Waals surface area (Å²) in [7, 11) is 0. The molecule has 3 rings (SSSR count). The number of hydrogen-bond acceptors (Lipinski definition) is 3. The number of nitrogens with two attached hydrogens (primary N) is 1. The fraction of sp³-hybridized carbons (Fsp3) is 0.556. The van der Waals surface area contributed by atoms with E-state index in [1.807, 2.05) is 0 Å². The quantitative estimate of drug-likeness (QED) is 0.919. The first-order valence-corrected chi connectivity index (χ1v) is 8.51. The molecule has 0 saturated carbocycles. The number of carbonyl (C=O) groups is 2. The molecule has 2 atom stereocenters. The Labute approximate surface area is 137 Å². The van der Waals surface area contributed by atoms with E-state index in [4.69, 9.17) is 5.73 Å². The fourth-order valence-electron chi connectivity index (χ4n) is 3.82. The first-order chi connectivity index (χ1) is 11.1. The number of primary amides is 1. The van der Waals surface area contributed by atoms with Gasteiger partial charge in [-0.1, -0.05) is 18.2 Å². The molecule has 5 heteroatoms. The van der Waals surface area contributed by atoms with Crippen LogP contribution in [0.15, 0.2) is 24.3 Å². The highest BCUT2D eigenvalue weighted by Crippen LogP contribution is 2.30. The van der Waals surface area contributed by atoms with E-state index in [0.717, 1.165) is 19.3 Å². The van der Waals surface area contributed by atoms with Crippen molar-refractivity contribution in [2.24, 2.45) is 5.73 Å². The number of anilines is 1. The van der Waals surface area contributed by atoms with Crippen molar-refractivity contribution in [1.29, 1.82) is 0 Å². The lowest BCUT2D eigenvalue weighted by molar-refractivity contribution is -0.137. The van der Waals surface area contributed by atoms with Crippen LogP contribution in [0.1, 0.15) is 38.2 Å². The van der Waals surface area contributed by atoms with Crippen molar-refractivity contribution < 1.29 is 9.59 Å². The molecule has 2 aliphatic rings. The van der Waals surface area contributed by atoms with Crippen molar-refractivity contribution in [1.82, 2.24) is 4.90 Å². The second kappa shape index (κ2) is 6.60. The van der Waals surface area contributed by atoms with E-state index in [1.54, 1.807) is 4.90 Å². The second-order valence-electron chi connectivity index (χ2n) is 6.61. The highest BCUT2D eigenvalue weighted by Gasteiger charge is 2.33. The summed E-state index contributed by atoms with van der Waals surface area (Å²) in [6.45, 7) is 3.56. The summed E-state index contributed by atoms with van der Waals surface area (Å²) in [6.07, 6.45) is 4.20. The van der Waals surface area contributed by atoms with Crippen LogP contribution < -0.4 is 10.6 Å². The average molecular weight is 315 g/mol. The third kappa shape index (κ3) is 3.19. The van der Waals surface area contributed by atoms with E-state index in [-0.39, 0.29) is 11.8 Å². The number of aryl methyl sites for hydroxylation is 1. The Morgan fingerprint density at radius 2 is 2.04 bits per heavy atom. The number of amides is 2. The number of fused-ring (bicyclic) bond motifs is 1. The molecule has 1 saturated heterocycles. The average Bonchev–Trinajstić information content (AvgIpc) is 3.03. The van der Waals surface area contributed by atoms with Gasteiger partial charge in [0.15, 0.2) is 0 Å². The number of likely N-dealkylation sites (tertiary alicyclic amines) is 1. The molecule has 0 radical (unpaired) electrons. The molecule has 2 aliphatic heterocycles. The van der Waals surface area contributed by atoms with Gasteiger partial charge in [-0.05, 0) is 44.2 Å². The number of benzene rings is 1. The lowest BCUT2D eigenvalue weighted by Crippen LogP contribution is -2.45. The summed E-state index contributed by atoms with van der Waals surface area (Å²) >= 11 is 0. The van der Waals surface area contributed by atoms with E-state index in [9.17, 15) is 9.59 Å². The molecule has 2 N–H and O–H groups in total. The van der Waals surface area contributed by atoms with Gasteiger partial charge >= 0.3 is 0 Å². The van der Waals surface area contributed by atoms with Crippen molar-refractivity contribution in [3.8, 4) is 0 Å².